The third kappa shape index (κ3) is 55.7. The maximum Gasteiger partial charge on any atom is 0.222 e. The van der Waals surface area contributed by atoms with Gasteiger partial charge in [0.25, 0.3) is 0 Å². The van der Waals surface area contributed by atoms with Gasteiger partial charge in [-0.15, -0.1) is 18.2 Å². The predicted molar refractivity (Wildman–Crippen MR) is 85.4 cm³/mol. The van der Waals surface area contributed by atoms with Crippen LogP contribution in [0.15, 0.2) is 5.16 Å². The fraction of sp³-hybridized carbons (Fsp3) is 0.700. The molecule has 2 N–H and O–H groups in total. The molecule has 0 rings (SSSR count). The van der Waals surface area contributed by atoms with Gasteiger partial charge in [0.05, 0.1) is 13.2 Å². The summed E-state index contributed by atoms with van der Waals surface area (Å²) >= 11 is 9.08. The maximum absolute atomic E-state index is 4.98. The van der Waals surface area contributed by atoms with Crippen molar-refractivity contribution in [2.24, 2.45) is 11.1 Å². The normalized spacial score (nSPS) is 7.75. The van der Waals surface area contributed by atoms with Crippen molar-refractivity contribution in [1.29, 1.82) is 0 Å². The molecule has 20 heavy (non-hydrogen) atoms. The minimum Gasteiger partial charge on any atom is -0.790 e. The van der Waals surface area contributed by atoms with Crippen LogP contribution < -0.4 is 5.90 Å². The third-order valence-electron chi connectivity index (χ3n) is 0.922. The molecule has 0 spiro atoms. The van der Waals surface area contributed by atoms with Crippen molar-refractivity contribution in [2.45, 2.75) is 13.8 Å². The molecule has 10 heteroatoms. The van der Waals surface area contributed by atoms with Gasteiger partial charge in [0, 0.05) is 13.5 Å². The zero-order valence-corrected chi connectivity index (χ0v) is 28.2. The maximum atomic E-state index is 4.98. The zero-order valence-electron chi connectivity index (χ0n) is 12.9. The molecule has 120 valence electrons. The van der Waals surface area contributed by atoms with Gasteiger partial charge in [-0.3, -0.25) is 0 Å². The van der Waals surface area contributed by atoms with Crippen LogP contribution in [0.25, 0.3) is 0 Å². The zero-order chi connectivity index (χ0) is 11.9. The van der Waals surface area contributed by atoms with Crippen LogP contribution >= 0.6 is 12.4 Å². The molecule has 0 bridgehead atoms. The van der Waals surface area contributed by atoms with Crippen LogP contribution in [0.2, 0.25) is 0 Å². The molecule has 5 nitrogen and oxygen atoms in total. The van der Waals surface area contributed by atoms with Gasteiger partial charge in [-0.25, -0.2) is 5.90 Å². The summed E-state index contributed by atoms with van der Waals surface area (Å²) in [5.41, 5.74) is 0. The minimum atomic E-state index is 0. The number of halogens is 1. The Labute approximate surface area is 129 Å². The summed E-state index contributed by atoms with van der Waals surface area (Å²) in [6, 6.07) is 0. The summed E-state index contributed by atoms with van der Waals surface area (Å²) in [7, 11) is 0. The molecule has 0 aliphatic carbocycles. The van der Waals surface area contributed by atoms with Crippen LogP contribution in [0.1, 0.15) is 13.8 Å². The Kier molecular flexibility index (Phi) is 93.2. The molecule has 0 aliphatic heterocycles. The molecule has 0 aliphatic rings. The molecule has 0 unspecified atom stereocenters. The molecule has 0 aromatic rings. The molecule has 0 saturated carbocycles. The molecule has 0 radical (unpaired) electrons. The predicted octanol–water partition coefficient (Wildman–Crippen LogP) is 1.67. The summed E-state index contributed by atoms with van der Waals surface area (Å²) in [5.74, 6) is 6.26. The SMILES string of the molecule is CCOC(C)=NOCC[S-].Cl.NOCC[S-].[CH3-].[CH3-].[Db].[Db]. The van der Waals surface area contributed by atoms with Crippen LogP contribution in [0, 0.1) is 14.9 Å². The van der Waals surface area contributed by atoms with Gasteiger partial charge in [-0.2, -0.15) is 5.75 Å². The molecule has 0 heterocycles. The van der Waals surface area contributed by atoms with Crippen molar-refractivity contribution < 1.29 is 14.4 Å². The first-order valence-electron chi connectivity index (χ1n) is 4.50. The van der Waals surface area contributed by atoms with E-state index in [9.17, 15) is 0 Å². The second kappa shape index (κ2) is 43.4. The number of hydrogen-bond acceptors (Lipinski definition) is 7. The van der Waals surface area contributed by atoms with E-state index in [-0.39, 0.29) is 27.3 Å². The summed E-state index contributed by atoms with van der Waals surface area (Å²) in [5, 5.41) is 3.63. The Bertz CT molecular complexity index is 162. The second-order valence-corrected chi connectivity index (χ2v) is 2.97. The number of ether oxygens (including phenoxy) is 1. The smallest absolute Gasteiger partial charge is 0.222 e. The van der Waals surface area contributed by atoms with Crippen LogP contribution in [0.4, 0.5) is 0 Å². The Morgan fingerprint density at radius 3 is 1.80 bits per heavy atom. The van der Waals surface area contributed by atoms with Crippen molar-refractivity contribution in [3.8, 4) is 0 Å². The molecule has 0 atom stereocenters. The van der Waals surface area contributed by atoms with E-state index >= 15 is 0 Å². The van der Waals surface area contributed by atoms with Crippen molar-refractivity contribution in [3.05, 3.63) is 14.9 Å². The van der Waals surface area contributed by atoms with Gasteiger partial charge in [0.1, 0.15) is 0 Å². The second-order valence-electron chi connectivity index (χ2n) is 2.16. The van der Waals surface area contributed by atoms with Crippen molar-refractivity contribution in [2.75, 3.05) is 31.3 Å². The van der Waals surface area contributed by atoms with E-state index in [1.54, 1.807) is 6.92 Å². The van der Waals surface area contributed by atoms with E-state index in [1.165, 1.54) is 0 Å². The van der Waals surface area contributed by atoms with Crippen molar-refractivity contribution in [3.63, 3.8) is 0 Å². The third-order valence-corrected chi connectivity index (χ3v) is 1.26. The first-order chi connectivity index (χ1) is 7.22. The van der Waals surface area contributed by atoms with Crippen LogP contribution in [0.5, 0.6) is 0 Å². The fourth-order valence-corrected chi connectivity index (χ4v) is 0.628. The van der Waals surface area contributed by atoms with Gasteiger partial charge in [-0.05, 0) is 6.92 Å². The standard InChI is InChI=1S/C6H13NO2S.C2H7NOS.2CH3.ClH.2Db/c1-3-8-6(2)7-9-4-5-10;3-4-1-2-5;;;;;/h10H,3-5H2,1-2H3;5H,1-3H2;2*1H3;1H;;/q;;2*-1;;;/p-2. The van der Waals surface area contributed by atoms with Gasteiger partial charge >= 0.3 is 0 Å². The molecule has 0 fully saturated rings. The van der Waals surface area contributed by atoms with Gasteiger partial charge in [-0.1, -0.05) is 5.16 Å². The first kappa shape index (κ1) is 42.9. The molecular weight excluding hydrogens is 832 g/mol. The van der Waals surface area contributed by atoms with Crippen LogP contribution in [0.3, 0.4) is 0 Å². The number of oxime groups is 1. The molecule has 0 aromatic carbocycles. The fourth-order valence-electron chi connectivity index (χ4n) is 0.457. The van der Waals surface area contributed by atoms with Gasteiger partial charge in [0.15, 0.2) is 0 Å². The van der Waals surface area contributed by atoms with E-state index in [0.717, 1.165) is 0 Å². The van der Waals surface area contributed by atoms with E-state index < -0.39 is 0 Å². The quantitative estimate of drug-likeness (QED) is 0.110. The average molecular weight is 857 g/mol. The number of nitrogens with zero attached hydrogens (tertiary/aromatic N) is 1. The van der Waals surface area contributed by atoms with Crippen molar-refractivity contribution >= 4 is 43.6 Å². The van der Waals surface area contributed by atoms with E-state index in [4.69, 9.17) is 9.57 Å². The van der Waals surface area contributed by atoms with E-state index in [0.29, 0.717) is 37.2 Å². The number of nitrogens with two attached hydrogens (primary N) is 1. The molecule has 0 saturated heterocycles. The average Bonchev–Trinajstić information content (AvgIpc) is 2.21. The largest absolute Gasteiger partial charge is 0.790 e. The summed E-state index contributed by atoms with van der Waals surface area (Å²) in [6.07, 6.45) is 0. The summed E-state index contributed by atoms with van der Waals surface area (Å²) in [6.45, 7) is 5.21. The van der Waals surface area contributed by atoms with Gasteiger partial charge in [0.2, 0.25) is 5.90 Å². The van der Waals surface area contributed by atoms with E-state index in [1.807, 2.05) is 6.92 Å². The Morgan fingerprint density at radius 2 is 1.55 bits per heavy atom. The number of hydrogen-bond donors (Lipinski definition) is 1. The summed E-state index contributed by atoms with van der Waals surface area (Å²) < 4.78 is 4.98. The topological polar surface area (TPSA) is 66.1 Å². The summed E-state index contributed by atoms with van der Waals surface area (Å²) in [4.78, 5) is 8.84. The Hall–Kier alpha value is -1.82. The Balaban J connectivity index is -0.0000000303. The molecule has 0 amide bonds. The van der Waals surface area contributed by atoms with E-state index in [2.05, 4.69) is 41.1 Å². The molecular formula is C10H25ClDb2N2O3S2-4. The van der Waals surface area contributed by atoms with Gasteiger partial charge < -0.3 is 54.5 Å². The minimum absolute atomic E-state index is 0. The van der Waals surface area contributed by atoms with Crippen LogP contribution in [-0.2, 0) is 39.7 Å². The van der Waals surface area contributed by atoms with Crippen LogP contribution in [-0.4, -0.2) is 37.2 Å². The molecule has 0 aromatic heterocycles. The Morgan fingerprint density at radius 1 is 1.10 bits per heavy atom. The monoisotopic (exact) mass is 856 g/mol. The first-order valence-corrected chi connectivity index (χ1v) is 5.65. The van der Waals surface area contributed by atoms with Crippen molar-refractivity contribution in [1.82, 2.24) is 0 Å². The number of rotatable bonds is 6.